The monoisotopic (exact) mass is 485 g/mol. The van der Waals surface area contributed by atoms with E-state index in [1.165, 1.54) is 5.56 Å². The van der Waals surface area contributed by atoms with Crippen LogP contribution in [-0.4, -0.2) is 61.2 Å². The van der Waals surface area contributed by atoms with Crippen molar-refractivity contribution in [3.8, 4) is 0 Å². The van der Waals surface area contributed by atoms with Crippen LogP contribution in [0.4, 0.5) is 0 Å². The first-order chi connectivity index (χ1) is 17.4. The van der Waals surface area contributed by atoms with Crippen LogP contribution in [0.2, 0.25) is 0 Å². The first-order valence-electron chi connectivity index (χ1n) is 12.8. The Morgan fingerprint density at radius 2 is 1.78 bits per heavy atom. The molecule has 5 rings (SSSR count). The second-order valence-electron chi connectivity index (χ2n) is 10.5. The quantitative estimate of drug-likeness (QED) is 0.428. The zero-order chi connectivity index (χ0) is 25.3. The van der Waals surface area contributed by atoms with E-state index < -0.39 is 0 Å². The van der Waals surface area contributed by atoms with Crippen LogP contribution in [0.15, 0.2) is 59.4 Å². The standard InChI is InChI=1S/C28H35N7O/c1-5-28(3,4)35-26(30-31-32-35)25(23-18-22-12-11-20(2)17-24(22)29-27(23)36)34-15-13-33(14-16-34)19-21-9-7-6-8-10-21/h6-12,17-18,25H,5,13-16,19H2,1-4H3,(H,29,36)/t25-/m1/s1. The molecule has 1 N–H and O–H groups in total. The second-order valence-corrected chi connectivity index (χ2v) is 10.5. The fourth-order valence-corrected chi connectivity index (χ4v) is 5.00. The summed E-state index contributed by atoms with van der Waals surface area (Å²) in [5, 5.41) is 14.0. The molecule has 8 heteroatoms. The molecular formula is C28H35N7O. The van der Waals surface area contributed by atoms with Gasteiger partial charge in [0, 0.05) is 43.8 Å². The lowest BCUT2D eigenvalue weighted by Gasteiger charge is -2.39. The van der Waals surface area contributed by atoms with Gasteiger partial charge in [-0.2, -0.15) is 0 Å². The van der Waals surface area contributed by atoms with Crippen molar-refractivity contribution >= 4 is 10.9 Å². The lowest BCUT2D eigenvalue weighted by atomic mass is 9.98. The fourth-order valence-electron chi connectivity index (χ4n) is 5.00. The summed E-state index contributed by atoms with van der Waals surface area (Å²) in [6, 6.07) is 18.4. The first-order valence-corrected chi connectivity index (χ1v) is 12.8. The highest BCUT2D eigenvalue weighted by Gasteiger charge is 2.35. The summed E-state index contributed by atoms with van der Waals surface area (Å²) in [6.45, 7) is 12.8. The van der Waals surface area contributed by atoms with Crippen molar-refractivity contribution in [3.05, 3.63) is 87.5 Å². The lowest BCUT2D eigenvalue weighted by molar-refractivity contribution is 0.0968. The van der Waals surface area contributed by atoms with E-state index in [9.17, 15) is 4.79 Å². The Morgan fingerprint density at radius 3 is 2.50 bits per heavy atom. The minimum atomic E-state index is -0.334. The molecule has 0 aliphatic carbocycles. The smallest absolute Gasteiger partial charge is 0.253 e. The summed E-state index contributed by atoms with van der Waals surface area (Å²) in [7, 11) is 0. The number of rotatable bonds is 7. The van der Waals surface area contributed by atoms with E-state index in [1.807, 2.05) is 23.7 Å². The van der Waals surface area contributed by atoms with Crippen molar-refractivity contribution in [2.45, 2.75) is 52.2 Å². The van der Waals surface area contributed by atoms with Crippen molar-refractivity contribution in [2.75, 3.05) is 26.2 Å². The number of nitrogens with zero attached hydrogens (tertiary/aromatic N) is 6. The van der Waals surface area contributed by atoms with Crippen LogP contribution in [0, 0.1) is 6.92 Å². The summed E-state index contributed by atoms with van der Waals surface area (Å²) in [4.78, 5) is 21.4. The van der Waals surface area contributed by atoms with E-state index in [2.05, 4.69) is 93.5 Å². The van der Waals surface area contributed by atoms with Crippen molar-refractivity contribution < 1.29 is 0 Å². The molecule has 36 heavy (non-hydrogen) atoms. The number of aryl methyl sites for hydroxylation is 1. The van der Waals surface area contributed by atoms with Gasteiger partial charge >= 0.3 is 0 Å². The lowest BCUT2D eigenvalue weighted by Crippen LogP contribution is -2.49. The highest BCUT2D eigenvalue weighted by Crippen LogP contribution is 2.31. The van der Waals surface area contributed by atoms with Crippen LogP contribution < -0.4 is 5.56 Å². The van der Waals surface area contributed by atoms with Crippen molar-refractivity contribution in [2.24, 2.45) is 0 Å². The number of pyridine rings is 1. The van der Waals surface area contributed by atoms with Crippen molar-refractivity contribution in [1.29, 1.82) is 0 Å². The molecule has 0 amide bonds. The van der Waals surface area contributed by atoms with E-state index in [0.717, 1.165) is 61.4 Å². The topological polar surface area (TPSA) is 82.9 Å². The maximum Gasteiger partial charge on any atom is 0.253 e. The van der Waals surface area contributed by atoms with Gasteiger partial charge in [-0.15, -0.1) is 5.10 Å². The van der Waals surface area contributed by atoms with Gasteiger partial charge in [-0.25, -0.2) is 4.68 Å². The number of nitrogens with one attached hydrogen (secondary N) is 1. The number of H-pyrrole nitrogens is 1. The Kier molecular flexibility index (Phi) is 6.73. The summed E-state index contributed by atoms with van der Waals surface area (Å²) < 4.78 is 1.91. The number of aromatic nitrogens is 5. The van der Waals surface area contributed by atoms with Gasteiger partial charge in [-0.3, -0.25) is 14.6 Å². The highest BCUT2D eigenvalue weighted by atomic mass is 16.1. The zero-order valence-electron chi connectivity index (χ0n) is 21.6. The normalized spacial score (nSPS) is 16.4. The van der Waals surface area contributed by atoms with Crippen LogP contribution in [0.5, 0.6) is 0 Å². The zero-order valence-corrected chi connectivity index (χ0v) is 21.6. The van der Waals surface area contributed by atoms with E-state index in [1.54, 1.807) is 0 Å². The molecule has 8 nitrogen and oxygen atoms in total. The second kappa shape index (κ2) is 9.95. The number of piperazine rings is 1. The van der Waals surface area contributed by atoms with Crippen LogP contribution in [0.3, 0.4) is 0 Å². The molecule has 1 aliphatic rings. The van der Waals surface area contributed by atoms with E-state index in [-0.39, 0.29) is 17.1 Å². The molecule has 0 unspecified atom stereocenters. The van der Waals surface area contributed by atoms with Gasteiger partial charge in [0.1, 0.15) is 6.04 Å². The third-order valence-electron chi connectivity index (χ3n) is 7.52. The van der Waals surface area contributed by atoms with Crippen LogP contribution >= 0.6 is 0 Å². The highest BCUT2D eigenvalue weighted by molar-refractivity contribution is 5.79. The maximum atomic E-state index is 13.5. The summed E-state index contributed by atoms with van der Waals surface area (Å²) in [6.07, 6.45) is 0.871. The SMILES string of the molecule is CCC(C)(C)n1nnnc1[C@@H](c1cc2ccc(C)cc2[nH]c1=O)N1CCN(Cc2ccccc2)CC1. The van der Waals surface area contributed by atoms with E-state index >= 15 is 0 Å². The predicted molar refractivity (Wildman–Crippen MR) is 142 cm³/mol. The van der Waals surface area contributed by atoms with Gasteiger partial charge in [0.25, 0.3) is 5.56 Å². The molecule has 188 valence electrons. The molecule has 0 saturated carbocycles. The van der Waals surface area contributed by atoms with Gasteiger partial charge in [0.2, 0.25) is 0 Å². The Bertz CT molecular complexity index is 1380. The Hall–Kier alpha value is -3.36. The molecule has 4 aromatic rings. The minimum Gasteiger partial charge on any atom is -0.322 e. The van der Waals surface area contributed by atoms with Crippen molar-refractivity contribution in [1.82, 2.24) is 35.0 Å². The Labute approximate surface area is 211 Å². The third-order valence-corrected chi connectivity index (χ3v) is 7.52. The average molecular weight is 486 g/mol. The molecule has 1 saturated heterocycles. The number of benzene rings is 2. The van der Waals surface area contributed by atoms with Gasteiger partial charge < -0.3 is 4.98 Å². The van der Waals surface area contributed by atoms with Gasteiger partial charge in [0.05, 0.1) is 5.54 Å². The molecule has 1 aliphatic heterocycles. The first kappa shape index (κ1) is 24.3. The molecule has 0 radical (unpaired) electrons. The van der Waals surface area contributed by atoms with Crippen LogP contribution in [0.1, 0.15) is 55.7 Å². The number of fused-ring (bicyclic) bond motifs is 1. The summed E-state index contributed by atoms with van der Waals surface area (Å²) in [5.74, 6) is 0.718. The summed E-state index contributed by atoms with van der Waals surface area (Å²) in [5.41, 5.74) is 3.61. The molecule has 2 aromatic carbocycles. The third kappa shape index (κ3) is 4.83. The molecule has 0 bridgehead atoms. The van der Waals surface area contributed by atoms with Gasteiger partial charge in [-0.05, 0) is 66.3 Å². The number of tetrazole rings is 1. The van der Waals surface area contributed by atoms with E-state index in [4.69, 9.17) is 0 Å². The van der Waals surface area contributed by atoms with Crippen molar-refractivity contribution in [3.63, 3.8) is 0 Å². The maximum absolute atomic E-state index is 13.5. The van der Waals surface area contributed by atoms with Crippen LogP contribution in [-0.2, 0) is 12.1 Å². The molecular weight excluding hydrogens is 450 g/mol. The molecule has 3 heterocycles. The molecule has 0 spiro atoms. The predicted octanol–water partition coefficient (Wildman–Crippen LogP) is 3.88. The summed E-state index contributed by atoms with van der Waals surface area (Å²) >= 11 is 0. The number of hydrogen-bond acceptors (Lipinski definition) is 6. The molecule has 1 atom stereocenters. The van der Waals surface area contributed by atoms with Gasteiger partial charge in [0.15, 0.2) is 5.82 Å². The molecule has 2 aromatic heterocycles. The fraction of sp³-hybridized carbons (Fsp3) is 0.429. The molecule has 1 fully saturated rings. The largest absolute Gasteiger partial charge is 0.322 e. The average Bonchev–Trinajstić information content (AvgIpc) is 3.37. The van der Waals surface area contributed by atoms with Gasteiger partial charge in [-0.1, -0.05) is 49.4 Å². The Morgan fingerprint density at radius 1 is 1.03 bits per heavy atom. The van der Waals surface area contributed by atoms with Crippen LogP contribution in [0.25, 0.3) is 10.9 Å². The number of hydrogen-bond donors (Lipinski definition) is 1. The van der Waals surface area contributed by atoms with E-state index in [0.29, 0.717) is 5.56 Å². The number of aromatic amines is 1. The Balaban J connectivity index is 1.52. The minimum absolute atomic E-state index is 0.0892.